The van der Waals surface area contributed by atoms with Gasteiger partial charge in [-0.15, -0.1) is 0 Å². The van der Waals surface area contributed by atoms with E-state index in [4.69, 9.17) is 5.26 Å². The van der Waals surface area contributed by atoms with Gasteiger partial charge in [0.2, 0.25) is 0 Å². The molecule has 0 aliphatic heterocycles. The molecule has 0 unspecified atom stereocenters. The van der Waals surface area contributed by atoms with Gasteiger partial charge in [0, 0.05) is 25.5 Å². The summed E-state index contributed by atoms with van der Waals surface area (Å²) in [5.74, 6) is 1.02. The number of nitriles is 1. The molecule has 1 aromatic rings. The van der Waals surface area contributed by atoms with Crippen LogP contribution in [0.4, 0.5) is 0 Å². The first kappa shape index (κ1) is 11.7. The molecule has 0 saturated heterocycles. The van der Waals surface area contributed by atoms with Gasteiger partial charge in [-0.1, -0.05) is 0 Å². The van der Waals surface area contributed by atoms with Gasteiger partial charge in [-0.05, 0) is 20.8 Å². The topological polar surface area (TPSA) is 53.6 Å². The summed E-state index contributed by atoms with van der Waals surface area (Å²) in [5, 5.41) is 12.1. The molecule has 1 aromatic heterocycles. The monoisotopic (exact) mass is 206 g/mol. The van der Waals surface area contributed by atoms with Gasteiger partial charge < -0.3 is 9.88 Å². The number of nitrogens with one attached hydrogen (secondary N) is 1. The fourth-order valence-electron chi connectivity index (χ4n) is 1.32. The molecule has 0 spiro atoms. The Bertz CT molecular complexity index is 346. The third-order valence-corrected chi connectivity index (χ3v) is 2.30. The molecule has 4 nitrogen and oxygen atoms in total. The van der Waals surface area contributed by atoms with Crippen LogP contribution in [0.5, 0.6) is 0 Å². The predicted molar refractivity (Wildman–Crippen MR) is 59.0 cm³/mol. The van der Waals surface area contributed by atoms with Crippen molar-refractivity contribution in [2.24, 2.45) is 5.41 Å². The Balaban J connectivity index is 2.42. The smallest absolute Gasteiger partial charge is 0.122 e. The molecule has 0 aliphatic rings. The minimum atomic E-state index is -0.316. The minimum absolute atomic E-state index is 0.316. The van der Waals surface area contributed by atoms with E-state index in [9.17, 15) is 0 Å². The maximum absolute atomic E-state index is 8.84. The lowest BCUT2D eigenvalue weighted by atomic mass is 9.96. The highest BCUT2D eigenvalue weighted by molar-refractivity contribution is 4.95. The van der Waals surface area contributed by atoms with Gasteiger partial charge in [0.05, 0.1) is 18.0 Å². The molecule has 1 N–H and O–H groups in total. The SMILES string of the molecule is CCn1ccnc1CNCC(C)(C)C#N. The summed E-state index contributed by atoms with van der Waals surface area (Å²) in [4.78, 5) is 4.25. The Morgan fingerprint density at radius 2 is 2.33 bits per heavy atom. The number of imidazole rings is 1. The summed E-state index contributed by atoms with van der Waals surface area (Å²) >= 11 is 0. The standard InChI is InChI=1S/C11H18N4/c1-4-15-6-5-14-10(15)7-13-9-11(2,3)8-12/h5-6,13H,4,7,9H2,1-3H3. The maximum Gasteiger partial charge on any atom is 0.122 e. The van der Waals surface area contributed by atoms with E-state index >= 15 is 0 Å². The zero-order chi connectivity index (χ0) is 11.3. The van der Waals surface area contributed by atoms with Gasteiger partial charge in [0.25, 0.3) is 0 Å². The first-order chi connectivity index (χ1) is 7.09. The van der Waals surface area contributed by atoms with Crippen molar-refractivity contribution in [3.8, 4) is 6.07 Å². The molecule has 82 valence electrons. The van der Waals surface area contributed by atoms with Gasteiger partial charge in [-0.25, -0.2) is 4.98 Å². The van der Waals surface area contributed by atoms with Crippen LogP contribution < -0.4 is 5.32 Å². The summed E-state index contributed by atoms with van der Waals surface area (Å²) in [6.07, 6.45) is 3.77. The molecule has 0 fully saturated rings. The molecule has 0 saturated carbocycles. The number of hydrogen-bond acceptors (Lipinski definition) is 3. The zero-order valence-corrected chi connectivity index (χ0v) is 9.62. The highest BCUT2D eigenvalue weighted by Crippen LogP contribution is 2.10. The highest BCUT2D eigenvalue weighted by Gasteiger charge is 2.15. The number of nitrogens with zero attached hydrogens (tertiary/aromatic N) is 3. The lowest BCUT2D eigenvalue weighted by molar-refractivity contribution is 0.437. The van der Waals surface area contributed by atoms with Crippen molar-refractivity contribution in [3.63, 3.8) is 0 Å². The third kappa shape index (κ3) is 3.37. The maximum atomic E-state index is 8.84. The van der Waals surface area contributed by atoms with Crippen LogP contribution in [0.3, 0.4) is 0 Å². The Hall–Kier alpha value is -1.34. The van der Waals surface area contributed by atoms with E-state index in [1.165, 1.54) is 0 Å². The highest BCUT2D eigenvalue weighted by atomic mass is 15.1. The van der Waals surface area contributed by atoms with Gasteiger partial charge in [-0.2, -0.15) is 5.26 Å². The fourth-order valence-corrected chi connectivity index (χ4v) is 1.32. The average molecular weight is 206 g/mol. The second-order valence-corrected chi connectivity index (χ2v) is 4.23. The van der Waals surface area contributed by atoms with E-state index < -0.39 is 0 Å². The Morgan fingerprint density at radius 1 is 1.60 bits per heavy atom. The molecule has 0 radical (unpaired) electrons. The van der Waals surface area contributed by atoms with E-state index in [1.54, 1.807) is 6.20 Å². The summed E-state index contributed by atoms with van der Waals surface area (Å²) in [6.45, 7) is 8.26. The Morgan fingerprint density at radius 3 is 2.93 bits per heavy atom. The van der Waals surface area contributed by atoms with Crippen LogP contribution in [0, 0.1) is 16.7 Å². The Labute approximate surface area is 90.9 Å². The molecule has 15 heavy (non-hydrogen) atoms. The van der Waals surface area contributed by atoms with Crippen molar-refractivity contribution in [1.29, 1.82) is 5.26 Å². The molecular formula is C11H18N4. The van der Waals surface area contributed by atoms with Gasteiger partial charge in [0.15, 0.2) is 0 Å². The van der Waals surface area contributed by atoms with Crippen molar-refractivity contribution in [2.75, 3.05) is 6.54 Å². The number of aromatic nitrogens is 2. The molecule has 0 aromatic carbocycles. The average Bonchev–Trinajstić information content (AvgIpc) is 2.65. The normalized spacial score (nSPS) is 11.3. The quantitative estimate of drug-likeness (QED) is 0.795. The van der Waals surface area contributed by atoms with Gasteiger partial charge in [-0.3, -0.25) is 0 Å². The molecule has 0 bridgehead atoms. The van der Waals surface area contributed by atoms with E-state index in [1.807, 2.05) is 20.0 Å². The summed E-state index contributed by atoms with van der Waals surface area (Å²) < 4.78 is 2.09. The largest absolute Gasteiger partial charge is 0.334 e. The molecule has 0 amide bonds. The van der Waals surface area contributed by atoms with Crippen molar-refractivity contribution >= 4 is 0 Å². The number of rotatable bonds is 5. The second kappa shape index (κ2) is 4.94. The first-order valence-electron chi connectivity index (χ1n) is 5.21. The first-order valence-corrected chi connectivity index (χ1v) is 5.21. The van der Waals surface area contributed by atoms with Crippen LogP contribution in [0.15, 0.2) is 12.4 Å². The van der Waals surface area contributed by atoms with Crippen LogP contribution in [-0.4, -0.2) is 16.1 Å². The lowest BCUT2D eigenvalue weighted by Gasteiger charge is -2.15. The van der Waals surface area contributed by atoms with Gasteiger partial charge >= 0.3 is 0 Å². The van der Waals surface area contributed by atoms with E-state index in [2.05, 4.69) is 27.9 Å². The van der Waals surface area contributed by atoms with Crippen molar-refractivity contribution in [1.82, 2.24) is 14.9 Å². The zero-order valence-electron chi connectivity index (χ0n) is 9.62. The van der Waals surface area contributed by atoms with E-state index in [0.717, 1.165) is 12.4 Å². The molecule has 1 heterocycles. The molecule has 0 aliphatic carbocycles. The Kier molecular flexibility index (Phi) is 3.87. The fraction of sp³-hybridized carbons (Fsp3) is 0.636. The van der Waals surface area contributed by atoms with Gasteiger partial charge in [0.1, 0.15) is 5.82 Å². The third-order valence-electron chi connectivity index (χ3n) is 2.30. The summed E-state index contributed by atoms with van der Waals surface area (Å²) in [7, 11) is 0. The summed E-state index contributed by atoms with van der Waals surface area (Å²) in [5.41, 5.74) is -0.316. The van der Waals surface area contributed by atoms with Crippen molar-refractivity contribution in [2.45, 2.75) is 33.9 Å². The van der Waals surface area contributed by atoms with Crippen LogP contribution in [0.2, 0.25) is 0 Å². The van der Waals surface area contributed by atoms with Crippen LogP contribution >= 0.6 is 0 Å². The minimum Gasteiger partial charge on any atom is -0.334 e. The molecule has 0 atom stereocenters. The van der Waals surface area contributed by atoms with Crippen LogP contribution in [-0.2, 0) is 13.1 Å². The summed E-state index contributed by atoms with van der Waals surface area (Å²) in [6, 6.07) is 2.26. The van der Waals surface area contributed by atoms with Crippen LogP contribution in [0.1, 0.15) is 26.6 Å². The number of hydrogen-bond donors (Lipinski definition) is 1. The predicted octanol–water partition coefficient (Wildman–Crippen LogP) is 1.54. The van der Waals surface area contributed by atoms with E-state index in [0.29, 0.717) is 13.1 Å². The molecular weight excluding hydrogens is 188 g/mol. The van der Waals surface area contributed by atoms with Crippen molar-refractivity contribution < 1.29 is 0 Å². The van der Waals surface area contributed by atoms with Crippen molar-refractivity contribution in [3.05, 3.63) is 18.2 Å². The van der Waals surface area contributed by atoms with E-state index in [-0.39, 0.29) is 5.41 Å². The number of aryl methyl sites for hydroxylation is 1. The molecule has 4 heteroatoms. The second-order valence-electron chi connectivity index (χ2n) is 4.23. The lowest BCUT2D eigenvalue weighted by Crippen LogP contribution is -2.28. The molecule has 1 rings (SSSR count). The van der Waals surface area contributed by atoms with Crippen LogP contribution in [0.25, 0.3) is 0 Å².